The fraction of sp³-hybridized carbons (Fsp3) is 0.526. The molecule has 1 aromatic carbocycles. The highest BCUT2D eigenvalue weighted by Gasteiger charge is 2.35. The van der Waals surface area contributed by atoms with Gasteiger partial charge in [0.1, 0.15) is 0 Å². The predicted molar refractivity (Wildman–Crippen MR) is 111 cm³/mol. The number of thioether (sulfide) groups is 1. The fourth-order valence-electron chi connectivity index (χ4n) is 3.38. The van der Waals surface area contributed by atoms with Crippen molar-refractivity contribution in [2.75, 3.05) is 18.1 Å². The van der Waals surface area contributed by atoms with Gasteiger partial charge in [0.15, 0.2) is 15.7 Å². The molecular formula is C19H26N4O3S2. The van der Waals surface area contributed by atoms with Crippen LogP contribution in [-0.2, 0) is 21.1 Å². The number of H-pyrrole nitrogens is 1. The molecule has 2 atom stereocenters. The van der Waals surface area contributed by atoms with E-state index in [-0.39, 0.29) is 23.5 Å². The molecule has 0 saturated carbocycles. The normalized spacial score (nSPS) is 19.5. The lowest BCUT2D eigenvalue weighted by Gasteiger charge is -2.29. The summed E-state index contributed by atoms with van der Waals surface area (Å²) in [5, 5.41) is 7.26. The molecule has 2 heterocycles. The molecule has 1 N–H and O–H groups in total. The van der Waals surface area contributed by atoms with E-state index < -0.39 is 15.1 Å². The van der Waals surface area contributed by atoms with E-state index >= 15 is 0 Å². The fourth-order valence-corrected chi connectivity index (χ4v) is 5.91. The number of hydrogen-bond donors (Lipinski definition) is 1. The quantitative estimate of drug-likeness (QED) is 0.689. The molecule has 152 valence electrons. The number of carbonyl (C=O) groups excluding carboxylic acids is 1. The molecule has 7 nitrogen and oxygen atoms in total. The predicted octanol–water partition coefficient (Wildman–Crippen LogP) is 2.55. The molecule has 0 spiro atoms. The number of aromatic nitrogens is 3. The van der Waals surface area contributed by atoms with Gasteiger partial charge in [-0.1, -0.05) is 43.0 Å². The van der Waals surface area contributed by atoms with Gasteiger partial charge in [0.2, 0.25) is 11.1 Å². The number of sulfone groups is 1. The van der Waals surface area contributed by atoms with Crippen molar-refractivity contribution in [3.63, 3.8) is 0 Å². The van der Waals surface area contributed by atoms with Crippen LogP contribution in [0.5, 0.6) is 0 Å². The zero-order chi connectivity index (χ0) is 20.3. The Kier molecular flexibility index (Phi) is 6.44. The van der Waals surface area contributed by atoms with Crippen molar-refractivity contribution in [2.45, 2.75) is 50.1 Å². The van der Waals surface area contributed by atoms with Gasteiger partial charge < -0.3 is 4.90 Å². The van der Waals surface area contributed by atoms with Crippen molar-refractivity contribution in [1.82, 2.24) is 20.1 Å². The molecule has 1 fully saturated rings. The van der Waals surface area contributed by atoms with Crippen LogP contribution in [0.25, 0.3) is 11.4 Å². The average Bonchev–Trinajstić information content (AvgIpc) is 3.28. The lowest BCUT2D eigenvalue weighted by Crippen LogP contribution is -2.44. The van der Waals surface area contributed by atoms with Crippen LogP contribution in [-0.4, -0.2) is 63.7 Å². The molecule has 3 rings (SSSR count). The Balaban J connectivity index is 1.66. The minimum Gasteiger partial charge on any atom is -0.338 e. The second-order valence-electron chi connectivity index (χ2n) is 6.96. The SMILES string of the molecule is CCc1ccc(-c2nc(S[C@@H](C)C(=O)N(CC)[C@@H]3CCS(=O)(=O)C3)n[nH]2)cc1. The first-order valence-corrected chi connectivity index (χ1v) is 12.2. The Morgan fingerprint density at radius 2 is 2.04 bits per heavy atom. The zero-order valence-electron chi connectivity index (χ0n) is 16.4. The number of amides is 1. The molecule has 0 aliphatic carbocycles. The number of hydrogen-bond acceptors (Lipinski definition) is 6. The van der Waals surface area contributed by atoms with E-state index in [9.17, 15) is 13.2 Å². The van der Waals surface area contributed by atoms with E-state index in [1.165, 1.54) is 17.3 Å². The largest absolute Gasteiger partial charge is 0.338 e. The number of carbonyl (C=O) groups is 1. The summed E-state index contributed by atoms with van der Waals surface area (Å²) in [6.07, 6.45) is 1.49. The monoisotopic (exact) mass is 422 g/mol. The summed E-state index contributed by atoms with van der Waals surface area (Å²) in [5.41, 5.74) is 2.20. The van der Waals surface area contributed by atoms with Gasteiger partial charge in [0.05, 0.1) is 16.8 Å². The molecule has 1 aliphatic heterocycles. The van der Waals surface area contributed by atoms with E-state index in [4.69, 9.17) is 0 Å². The Morgan fingerprint density at radius 1 is 1.32 bits per heavy atom. The minimum atomic E-state index is -3.03. The molecule has 9 heteroatoms. The number of nitrogens with one attached hydrogen (secondary N) is 1. The molecule has 28 heavy (non-hydrogen) atoms. The molecule has 0 radical (unpaired) electrons. The van der Waals surface area contributed by atoms with Crippen LogP contribution >= 0.6 is 11.8 Å². The molecule has 0 bridgehead atoms. The van der Waals surface area contributed by atoms with Gasteiger partial charge in [-0.05, 0) is 32.3 Å². The molecule has 2 aromatic rings. The maximum Gasteiger partial charge on any atom is 0.236 e. The van der Waals surface area contributed by atoms with Gasteiger partial charge in [-0.15, -0.1) is 5.10 Å². The molecule has 1 aliphatic rings. The van der Waals surface area contributed by atoms with Crippen LogP contribution in [0.4, 0.5) is 0 Å². The third kappa shape index (κ3) is 4.75. The second-order valence-corrected chi connectivity index (χ2v) is 10.5. The van der Waals surface area contributed by atoms with Gasteiger partial charge in [-0.3, -0.25) is 9.89 Å². The summed E-state index contributed by atoms with van der Waals surface area (Å²) < 4.78 is 23.5. The van der Waals surface area contributed by atoms with Gasteiger partial charge in [-0.25, -0.2) is 13.4 Å². The van der Waals surface area contributed by atoms with Gasteiger partial charge >= 0.3 is 0 Å². The molecular weight excluding hydrogens is 396 g/mol. The third-order valence-electron chi connectivity index (χ3n) is 5.00. The third-order valence-corrected chi connectivity index (χ3v) is 7.70. The van der Waals surface area contributed by atoms with E-state index in [2.05, 4.69) is 34.2 Å². The molecule has 1 amide bonds. The van der Waals surface area contributed by atoms with Crippen LogP contribution in [0, 0.1) is 0 Å². The van der Waals surface area contributed by atoms with Crippen molar-refractivity contribution < 1.29 is 13.2 Å². The molecule has 1 aromatic heterocycles. The van der Waals surface area contributed by atoms with Crippen molar-refractivity contribution in [1.29, 1.82) is 0 Å². The van der Waals surface area contributed by atoms with Crippen molar-refractivity contribution >= 4 is 27.5 Å². The standard InChI is InChI=1S/C19H26N4O3S2/c1-4-14-6-8-15(9-7-14)17-20-19(22-21-17)27-13(3)18(24)23(5-2)16-10-11-28(25,26)12-16/h6-9,13,16H,4-5,10-12H2,1-3H3,(H,20,21,22)/t13-,16+/m0/s1. The van der Waals surface area contributed by atoms with Gasteiger partial charge in [0, 0.05) is 18.2 Å². The van der Waals surface area contributed by atoms with Crippen molar-refractivity contribution in [3.8, 4) is 11.4 Å². The lowest BCUT2D eigenvalue weighted by molar-refractivity contribution is -0.131. The highest BCUT2D eigenvalue weighted by atomic mass is 32.2. The summed E-state index contributed by atoms with van der Waals surface area (Å²) in [4.78, 5) is 19.0. The minimum absolute atomic E-state index is 0.0581. The van der Waals surface area contributed by atoms with E-state index in [0.717, 1.165) is 12.0 Å². The van der Waals surface area contributed by atoms with Crippen molar-refractivity contribution in [2.24, 2.45) is 0 Å². The van der Waals surface area contributed by atoms with Crippen LogP contribution in [0.2, 0.25) is 0 Å². The Morgan fingerprint density at radius 3 is 2.61 bits per heavy atom. The van der Waals surface area contributed by atoms with Crippen LogP contribution in [0.15, 0.2) is 29.4 Å². The highest BCUT2D eigenvalue weighted by Crippen LogP contribution is 2.26. The number of aromatic amines is 1. The van der Waals surface area contributed by atoms with Gasteiger partial charge in [0.25, 0.3) is 0 Å². The summed E-state index contributed by atoms with van der Waals surface area (Å²) in [7, 11) is -3.03. The lowest BCUT2D eigenvalue weighted by atomic mass is 10.1. The smallest absolute Gasteiger partial charge is 0.236 e. The highest BCUT2D eigenvalue weighted by molar-refractivity contribution is 8.00. The van der Waals surface area contributed by atoms with Gasteiger partial charge in [-0.2, -0.15) is 0 Å². The van der Waals surface area contributed by atoms with Crippen LogP contribution < -0.4 is 0 Å². The average molecular weight is 423 g/mol. The topological polar surface area (TPSA) is 96.0 Å². The summed E-state index contributed by atoms with van der Waals surface area (Å²) in [6, 6.07) is 7.89. The Bertz CT molecular complexity index is 925. The maximum atomic E-state index is 12.9. The first kappa shape index (κ1) is 20.9. The summed E-state index contributed by atoms with van der Waals surface area (Å²) in [6.45, 7) is 6.29. The number of nitrogens with zero attached hydrogens (tertiary/aromatic N) is 3. The number of benzene rings is 1. The number of rotatable bonds is 7. The molecule has 1 saturated heterocycles. The summed E-state index contributed by atoms with van der Waals surface area (Å²) in [5.74, 6) is 0.805. The first-order chi connectivity index (χ1) is 13.3. The van der Waals surface area contributed by atoms with E-state index in [1.807, 2.05) is 26.0 Å². The second kappa shape index (κ2) is 8.65. The van der Waals surface area contributed by atoms with E-state index in [1.54, 1.807) is 4.90 Å². The maximum absolute atomic E-state index is 12.9. The first-order valence-electron chi connectivity index (χ1n) is 9.52. The number of aryl methyl sites for hydroxylation is 1. The van der Waals surface area contributed by atoms with Crippen LogP contribution in [0.1, 0.15) is 32.8 Å². The van der Waals surface area contributed by atoms with Crippen LogP contribution in [0.3, 0.4) is 0 Å². The Labute approximate surface area is 170 Å². The molecule has 0 unspecified atom stereocenters. The van der Waals surface area contributed by atoms with E-state index in [0.29, 0.717) is 23.9 Å². The van der Waals surface area contributed by atoms with Crippen molar-refractivity contribution in [3.05, 3.63) is 29.8 Å². The zero-order valence-corrected chi connectivity index (χ0v) is 18.0. The summed E-state index contributed by atoms with van der Waals surface area (Å²) >= 11 is 1.28. The Hall–Kier alpha value is -1.87.